The molecule has 5 heteroatoms. The van der Waals surface area contributed by atoms with Gasteiger partial charge in [0.15, 0.2) is 5.82 Å². The predicted molar refractivity (Wildman–Crippen MR) is 84.1 cm³/mol. The van der Waals surface area contributed by atoms with E-state index in [2.05, 4.69) is 15.2 Å². The van der Waals surface area contributed by atoms with Crippen LogP contribution in [-0.2, 0) is 0 Å². The van der Waals surface area contributed by atoms with Crippen LogP contribution in [-0.4, -0.2) is 20.8 Å². The molecular formula is C16H18N4O. The van der Waals surface area contributed by atoms with Gasteiger partial charge in [-0.3, -0.25) is 10.1 Å². The number of nitrogens with two attached hydrogens (primary N) is 1. The van der Waals surface area contributed by atoms with Crippen LogP contribution in [0.1, 0.15) is 20.8 Å². The third-order valence-corrected chi connectivity index (χ3v) is 3.08. The van der Waals surface area contributed by atoms with E-state index in [1.807, 2.05) is 45.0 Å². The molecule has 0 amide bonds. The normalized spacial score (nSPS) is 11.8. The highest BCUT2D eigenvalue weighted by atomic mass is 16.5. The Morgan fingerprint density at radius 3 is 2.48 bits per heavy atom. The second kappa shape index (κ2) is 4.77. The van der Waals surface area contributed by atoms with E-state index in [-0.39, 0.29) is 5.60 Å². The van der Waals surface area contributed by atoms with E-state index >= 15 is 0 Å². The van der Waals surface area contributed by atoms with Crippen LogP contribution in [0.5, 0.6) is 5.75 Å². The molecule has 0 saturated heterocycles. The average molecular weight is 282 g/mol. The van der Waals surface area contributed by atoms with E-state index in [1.54, 1.807) is 12.4 Å². The molecule has 3 rings (SSSR count). The van der Waals surface area contributed by atoms with Crippen LogP contribution >= 0.6 is 0 Å². The lowest BCUT2D eigenvalue weighted by Gasteiger charge is -2.22. The molecule has 108 valence electrons. The molecule has 1 aromatic carbocycles. The van der Waals surface area contributed by atoms with Crippen LogP contribution in [0.3, 0.4) is 0 Å². The summed E-state index contributed by atoms with van der Waals surface area (Å²) in [6.07, 6.45) is 3.54. The third-order valence-electron chi connectivity index (χ3n) is 3.08. The Hall–Kier alpha value is -2.56. The highest BCUT2D eigenvalue weighted by Gasteiger charge is 2.18. The minimum atomic E-state index is -0.312. The van der Waals surface area contributed by atoms with Crippen molar-refractivity contribution in [3.63, 3.8) is 0 Å². The average Bonchev–Trinajstić information content (AvgIpc) is 2.80. The first kappa shape index (κ1) is 13.4. The zero-order valence-corrected chi connectivity index (χ0v) is 12.3. The summed E-state index contributed by atoms with van der Waals surface area (Å²) in [6, 6.07) is 7.93. The Bertz CT molecular complexity index is 772. The fourth-order valence-electron chi connectivity index (χ4n) is 2.27. The van der Waals surface area contributed by atoms with Gasteiger partial charge in [0.1, 0.15) is 11.4 Å². The number of rotatable bonds is 2. The number of H-pyrrole nitrogens is 1. The van der Waals surface area contributed by atoms with Crippen molar-refractivity contribution in [3.05, 3.63) is 36.7 Å². The molecule has 5 nitrogen and oxygen atoms in total. The number of nitrogens with one attached hydrogen (secondary N) is 1. The lowest BCUT2D eigenvalue weighted by Crippen LogP contribution is -2.23. The summed E-state index contributed by atoms with van der Waals surface area (Å²) in [5, 5.41) is 7.86. The number of aromatic nitrogens is 3. The molecule has 0 unspecified atom stereocenters. The van der Waals surface area contributed by atoms with Gasteiger partial charge in [-0.25, -0.2) is 0 Å². The van der Waals surface area contributed by atoms with Gasteiger partial charge in [-0.15, -0.1) is 0 Å². The number of nitrogens with zero attached hydrogens (tertiary/aromatic N) is 2. The first-order chi connectivity index (χ1) is 9.94. The maximum Gasteiger partial charge on any atom is 0.156 e. The van der Waals surface area contributed by atoms with Crippen molar-refractivity contribution in [2.45, 2.75) is 26.4 Å². The topological polar surface area (TPSA) is 76.8 Å². The van der Waals surface area contributed by atoms with Crippen LogP contribution in [0.4, 0.5) is 5.82 Å². The van der Waals surface area contributed by atoms with Crippen molar-refractivity contribution in [2.75, 3.05) is 5.73 Å². The number of fused-ring (bicyclic) bond motifs is 1. The molecule has 2 heterocycles. The summed E-state index contributed by atoms with van der Waals surface area (Å²) in [7, 11) is 0. The Labute approximate surface area is 123 Å². The van der Waals surface area contributed by atoms with E-state index in [9.17, 15) is 0 Å². The quantitative estimate of drug-likeness (QED) is 0.755. The lowest BCUT2D eigenvalue weighted by atomic mass is 10.0. The molecule has 0 radical (unpaired) electrons. The standard InChI is InChI=1S/C16H18N4O/c1-16(2,3)21-13-9-11(10-4-6-18-7-5-10)8-12-14(13)15(17)20-19-12/h4-9H,1-3H3,(H3,17,19,20). The number of hydrogen-bond donors (Lipinski definition) is 2. The zero-order valence-electron chi connectivity index (χ0n) is 12.3. The summed E-state index contributed by atoms with van der Waals surface area (Å²) in [5.41, 5.74) is 8.61. The van der Waals surface area contributed by atoms with Crippen LogP contribution < -0.4 is 10.5 Å². The van der Waals surface area contributed by atoms with Crippen molar-refractivity contribution in [1.29, 1.82) is 0 Å². The number of nitrogen functional groups attached to an aromatic ring is 1. The molecule has 0 aliphatic rings. The Morgan fingerprint density at radius 2 is 1.81 bits per heavy atom. The summed E-state index contributed by atoms with van der Waals surface area (Å²) in [4.78, 5) is 4.05. The smallest absolute Gasteiger partial charge is 0.156 e. The van der Waals surface area contributed by atoms with E-state index < -0.39 is 0 Å². The first-order valence-corrected chi connectivity index (χ1v) is 6.81. The van der Waals surface area contributed by atoms with Gasteiger partial charge in [0.25, 0.3) is 0 Å². The van der Waals surface area contributed by atoms with E-state index in [0.29, 0.717) is 5.82 Å². The van der Waals surface area contributed by atoms with Crippen LogP contribution in [0.15, 0.2) is 36.7 Å². The van der Waals surface area contributed by atoms with Crippen molar-refractivity contribution in [2.24, 2.45) is 0 Å². The molecule has 21 heavy (non-hydrogen) atoms. The molecule has 2 aromatic heterocycles. The molecule has 0 atom stereocenters. The lowest BCUT2D eigenvalue weighted by molar-refractivity contribution is 0.133. The fraction of sp³-hybridized carbons (Fsp3) is 0.250. The van der Waals surface area contributed by atoms with Gasteiger partial charge in [0, 0.05) is 12.4 Å². The van der Waals surface area contributed by atoms with Gasteiger partial charge < -0.3 is 10.5 Å². The number of benzene rings is 1. The second-order valence-electron chi connectivity index (χ2n) is 5.96. The second-order valence-corrected chi connectivity index (χ2v) is 5.96. The Morgan fingerprint density at radius 1 is 1.10 bits per heavy atom. The summed E-state index contributed by atoms with van der Waals surface area (Å²) in [6.45, 7) is 6.02. The maximum atomic E-state index is 6.06. The van der Waals surface area contributed by atoms with Crippen molar-refractivity contribution < 1.29 is 4.74 Å². The zero-order chi connectivity index (χ0) is 15.0. The van der Waals surface area contributed by atoms with Crippen molar-refractivity contribution in [3.8, 4) is 16.9 Å². The van der Waals surface area contributed by atoms with Gasteiger partial charge in [-0.05, 0) is 56.2 Å². The number of ether oxygens (including phenoxy) is 1. The summed E-state index contributed by atoms with van der Waals surface area (Å²) < 4.78 is 6.06. The molecule has 3 aromatic rings. The third kappa shape index (κ3) is 2.67. The van der Waals surface area contributed by atoms with E-state index in [4.69, 9.17) is 10.5 Å². The minimum absolute atomic E-state index is 0.312. The Balaban J connectivity index is 2.21. The highest BCUT2D eigenvalue weighted by molar-refractivity contribution is 5.97. The fourth-order valence-corrected chi connectivity index (χ4v) is 2.27. The Kier molecular flexibility index (Phi) is 3.05. The van der Waals surface area contributed by atoms with Gasteiger partial charge in [0.05, 0.1) is 10.9 Å². The predicted octanol–water partition coefficient (Wildman–Crippen LogP) is 3.38. The van der Waals surface area contributed by atoms with Gasteiger partial charge in [-0.2, -0.15) is 5.10 Å². The van der Waals surface area contributed by atoms with Crippen LogP contribution in [0, 0.1) is 0 Å². The van der Waals surface area contributed by atoms with Crippen molar-refractivity contribution in [1.82, 2.24) is 15.2 Å². The molecular weight excluding hydrogens is 264 g/mol. The molecule has 0 saturated carbocycles. The van der Waals surface area contributed by atoms with Gasteiger partial charge >= 0.3 is 0 Å². The van der Waals surface area contributed by atoms with Gasteiger partial charge in [-0.1, -0.05) is 0 Å². The number of aromatic amines is 1. The number of anilines is 1. The summed E-state index contributed by atoms with van der Waals surface area (Å²) in [5.74, 6) is 1.18. The highest BCUT2D eigenvalue weighted by Crippen LogP contribution is 2.36. The molecule has 0 aliphatic carbocycles. The molecule has 0 aliphatic heterocycles. The van der Waals surface area contributed by atoms with Crippen LogP contribution in [0.25, 0.3) is 22.0 Å². The van der Waals surface area contributed by atoms with Gasteiger partial charge in [0.2, 0.25) is 0 Å². The minimum Gasteiger partial charge on any atom is -0.487 e. The largest absolute Gasteiger partial charge is 0.487 e. The SMILES string of the molecule is CC(C)(C)Oc1cc(-c2ccncc2)cc2[nH]nc(N)c12. The molecule has 0 fully saturated rings. The maximum absolute atomic E-state index is 6.06. The molecule has 0 spiro atoms. The van der Waals surface area contributed by atoms with E-state index in [0.717, 1.165) is 27.8 Å². The number of hydrogen-bond acceptors (Lipinski definition) is 4. The first-order valence-electron chi connectivity index (χ1n) is 6.81. The molecule has 0 bridgehead atoms. The summed E-state index contributed by atoms with van der Waals surface area (Å²) >= 11 is 0. The van der Waals surface area contributed by atoms with Crippen LogP contribution in [0.2, 0.25) is 0 Å². The van der Waals surface area contributed by atoms with E-state index in [1.165, 1.54) is 0 Å². The van der Waals surface area contributed by atoms with Crippen molar-refractivity contribution >= 4 is 16.7 Å². The monoisotopic (exact) mass is 282 g/mol. The number of pyridine rings is 1. The molecule has 3 N–H and O–H groups in total.